The molecule has 0 saturated carbocycles. The number of thiazole rings is 1. The highest BCUT2D eigenvalue weighted by molar-refractivity contribution is 7.19. The number of allylic oxidation sites excluding steroid dienone is 1. The maximum absolute atomic E-state index is 12.7. The second-order valence-corrected chi connectivity index (χ2v) is 9.44. The summed E-state index contributed by atoms with van der Waals surface area (Å²) in [5, 5.41) is 23.0. The van der Waals surface area contributed by atoms with Gasteiger partial charge in [0.05, 0.1) is 22.3 Å². The van der Waals surface area contributed by atoms with E-state index >= 15 is 0 Å². The fourth-order valence-corrected chi connectivity index (χ4v) is 5.42. The number of fused-ring (bicyclic) bond motifs is 1. The van der Waals surface area contributed by atoms with Crippen molar-refractivity contribution in [3.63, 3.8) is 0 Å². The summed E-state index contributed by atoms with van der Waals surface area (Å²) in [5.74, 6) is 0.186. The molecule has 0 unspecified atom stereocenters. The number of amides is 1. The largest absolute Gasteiger partial charge is 0.510 e. The molecule has 0 saturated heterocycles. The number of aliphatic hydroxyl groups is 1. The van der Waals surface area contributed by atoms with Gasteiger partial charge in [-0.1, -0.05) is 29.8 Å². The lowest BCUT2D eigenvalue weighted by Crippen LogP contribution is -2.28. The summed E-state index contributed by atoms with van der Waals surface area (Å²) in [6.45, 7) is 0.807. The molecule has 7 heteroatoms. The zero-order valence-electron chi connectivity index (χ0n) is 18.3. The molecule has 0 fully saturated rings. The molecule has 0 atom stereocenters. The van der Waals surface area contributed by atoms with E-state index in [9.17, 15) is 9.90 Å². The number of aliphatic hydroxyl groups excluding tert-OH is 1. The molecule has 0 bridgehead atoms. The number of hydrogen-bond acceptors (Lipinski definition) is 5. The number of nitrogens with zero attached hydrogens (tertiary/aromatic N) is 2. The van der Waals surface area contributed by atoms with Crippen LogP contribution in [0.5, 0.6) is 0 Å². The van der Waals surface area contributed by atoms with E-state index in [0.717, 1.165) is 29.5 Å². The van der Waals surface area contributed by atoms with Gasteiger partial charge in [-0.2, -0.15) is 0 Å². The van der Waals surface area contributed by atoms with E-state index in [1.807, 2.05) is 36.4 Å². The number of hydrogen-bond donors (Lipinski definition) is 3. The number of anilines is 1. The molecule has 3 N–H and O–H groups in total. The molecule has 2 aromatic carbocycles. The fourth-order valence-electron chi connectivity index (χ4n) is 4.39. The first-order chi connectivity index (χ1) is 16.1. The van der Waals surface area contributed by atoms with Crippen LogP contribution in [0.3, 0.4) is 0 Å². The highest BCUT2D eigenvalue weighted by Crippen LogP contribution is 2.35. The Hall–Kier alpha value is -3.45. The Kier molecular flexibility index (Phi) is 5.96. The molecular formula is C26H26N4O2S. The average Bonchev–Trinajstić information content (AvgIpc) is 3.39. The van der Waals surface area contributed by atoms with Crippen molar-refractivity contribution in [2.75, 3.05) is 18.0 Å². The van der Waals surface area contributed by atoms with E-state index in [4.69, 9.17) is 5.41 Å². The molecule has 0 spiro atoms. The lowest BCUT2D eigenvalue weighted by Gasteiger charge is -2.19. The molecule has 1 amide bonds. The highest BCUT2D eigenvalue weighted by Gasteiger charge is 2.31. The number of carbonyl (C=O) groups is 1. The van der Waals surface area contributed by atoms with Crippen molar-refractivity contribution in [3.05, 3.63) is 76.5 Å². The van der Waals surface area contributed by atoms with E-state index in [-0.39, 0.29) is 24.0 Å². The van der Waals surface area contributed by atoms with E-state index in [1.54, 1.807) is 17.0 Å². The number of nitrogens with one attached hydrogen (secondary N) is 2. The topological polar surface area (TPSA) is 89.3 Å². The molecule has 33 heavy (non-hydrogen) atoms. The highest BCUT2D eigenvalue weighted by atomic mass is 32.1. The lowest BCUT2D eigenvalue weighted by atomic mass is 9.97. The van der Waals surface area contributed by atoms with Gasteiger partial charge in [-0.25, -0.2) is 4.98 Å². The van der Waals surface area contributed by atoms with Gasteiger partial charge in [0.25, 0.3) is 5.91 Å². The number of rotatable bonds is 6. The first-order valence-electron chi connectivity index (χ1n) is 11.3. The second-order valence-electron chi connectivity index (χ2n) is 8.41. The SMILES string of the molecule is N=C1C(c2nc3ccccc3s2)=C(O)CN1c1cccc(C(=O)NCCC2=CCCCC2)c1. The Morgan fingerprint density at radius 2 is 2.06 bits per heavy atom. The van der Waals surface area contributed by atoms with E-state index in [0.29, 0.717) is 28.4 Å². The Bertz CT molecular complexity index is 1260. The second kappa shape index (κ2) is 9.19. The molecule has 0 radical (unpaired) electrons. The van der Waals surface area contributed by atoms with Crippen LogP contribution in [0.2, 0.25) is 0 Å². The van der Waals surface area contributed by atoms with Gasteiger partial charge in [0.1, 0.15) is 16.6 Å². The molecule has 2 heterocycles. The molecule has 168 valence electrons. The summed E-state index contributed by atoms with van der Waals surface area (Å²) in [6.07, 6.45) is 7.98. The molecule has 1 aliphatic heterocycles. The van der Waals surface area contributed by atoms with Crippen molar-refractivity contribution in [3.8, 4) is 0 Å². The van der Waals surface area contributed by atoms with Gasteiger partial charge in [-0.3, -0.25) is 10.2 Å². The lowest BCUT2D eigenvalue weighted by molar-refractivity contribution is 0.0954. The standard InChI is InChI=1S/C26H26N4O2S/c27-24-23(26-29-20-11-4-5-12-22(20)33-26)21(31)16-30(24)19-10-6-9-18(15-19)25(32)28-14-13-17-7-2-1-3-8-17/h4-7,9-12,15,27,31H,1-3,8,13-14,16H2,(H,28,32). The Morgan fingerprint density at radius 1 is 1.18 bits per heavy atom. The molecule has 1 aliphatic carbocycles. The molecule has 6 nitrogen and oxygen atoms in total. The first kappa shape index (κ1) is 21.4. The van der Waals surface area contributed by atoms with Crippen LogP contribution in [0, 0.1) is 5.41 Å². The quantitative estimate of drug-likeness (QED) is 0.414. The van der Waals surface area contributed by atoms with Gasteiger partial charge in [0.2, 0.25) is 0 Å². The van der Waals surface area contributed by atoms with Crippen LogP contribution in [0.15, 0.2) is 65.9 Å². The minimum Gasteiger partial charge on any atom is -0.510 e. The third-order valence-electron chi connectivity index (χ3n) is 6.15. The van der Waals surface area contributed by atoms with Gasteiger partial charge in [0.15, 0.2) is 0 Å². The molecule has 5 rings (SSSR count). The summed E-state index contributed by atoms with van der Waals surface area (Å²) in [6, 6.07) is 15.0. The predicted molar refractivity (Wildman–Crippen MR) is 134 cm³/mol. The minimum absolute atomic E-state index is 0.120. The third-order valence-corrected chi connectivity index (χ3v) is 7.20. The van der Waals surface area contributed by atoms with Gasteiger partial charge in [0, 0.05) is 17.8 Å². The third kappa shape index (κ3) is 4.41. The van der Waals surface area contributed by atoms with E-state index in [2.05, 4.69) is 16.4 Å². The van der Waals surface area contributed by atoms with Crippen molar-refractivity contribution in [2.45, 2.75) is 32.1 Å². The maximum atomic E-state index is 12.7. The van der Waals surface area contributed by atoms with Crippen LogP contribution in [-0.4, -0.2) is 34.9 Å². The van der Waals surface area contributed by atoms with E-state index in [1.165, 1.54) is 29.8 Å². The van der Waals surface area contributed by atoms with Crippen molar-refractivity contribution >= 4 is 44.6 Å². The van der Waals surface area contributed by atoms with Crippen LogP contribution in [-0.2, 0) is 0 Å². The van der Waals surface area contributed by atoms with Crippen LogP contribution in [0.25, 0.3) is 15.8 Å². The Labute approximate surface area is 196 Å². The van der Waals surface area contributed by atoms with Crippen molar-refractivity contribution < 1.29 is 9.90 Å². The van der Waals surface area contributed by atoms with Crippen LogP contribution in [0.1, 0.15) is 47.5 Å². The van der Waals surface area contributed by atoms with Crippen LogP contribution < -0.4 is 10.2 Å². The summed E-state index contributed by atoms with van der Waals surface area (Å²) in [5.41, 5.74) is 3.99. The van der Waals surface area contributed by atoms with Crippen molar-refractivity contribution in [1.29, 1.82) is 5.41 Å². The van der Waals surface area contributed by atoms with Gasteiger partial charge < -0.3 is 15.3 Å². The summed E-state index contributed by atoms with van der Waals surface area (Å²) >= 11 is 1.46. The molecule has 2 aliphatic rings. The predicted octanol–water partition coefficient (Wildman–Crippen LogP) is 5.68. The molecule has 1 aromatic heterocycles. The Balaban J connectivity index is 1.29. The molecule has 3 aromatic rings. The summed E-state index contributed by atoms with van der Waals surface area (Å²) in [7, 11) is 0. The van der Waals surface area contributed by atoms with Gasteiger partial charge in [-0.15, -0.1) is 11.3 Å². The average molecular weight is 459 g/mol. The Morgan fingerprint density at radius 3 is 2.88 bits per heavy atom. The number of aromatic nitrogens is 1. The number of para-hydroxylation sites is 1. The van der Waals surface area contributed by atoms with Crippen molar-refractivity contribution in [1.82, 2.24) is 10.3 Å². The van der Waals surface area contributed by atoms with Crippen LogP contribution >= 0.6 is 11.3 Å². The van der Waals surface area contributed by atoms with Crippen molar-refractivity contribution in [2.24, 2.45) is 0 Å². The molecular weight excluding hydrogens is 432 g/mol. The number of amidine groups is 1. The number of benzene rings is 2. The monoisotopic (exact) mass is 458 g/mol. The zero-order chi connectivity index (χ0) is 22.8. The number of carbonyl (C=O) groups excluding carboxylic acids is 1. The van der Waals surface area contributed by atoms with E-state index < -0.39 is 0 Å². The fraction of sp³-hybridized carbons (Fsp3) is 0.269. The van der Waals surface area contributed by atoms with Crippen LogP contribution in [0.4, 0.5) is 5.69 Å². The summed E-state index contributed by atoms with van der Waals surface area (Å²) < 4.78 is 1.02. The summed E-state index contributed by atoms with van der Waals surface area (Å²) in [4.78, 5) is 19.0. The maximum Gasteiger partial charge on any atom is 0.251 e. The van der Waals surface area contributed by atoms with Gasteiger partial charge in [-0.05, 0) is 62.4 Å². The smallest absolute Gasteiger partial charge is 0.251 e. The van der Waals surface area contributed by atoms with Gasteiger partial charge >= 0.3 is 0 Å². The minimum atomic E-state index is -0.123. The zero-order valence-corrected chi connectivity index (χ0v) is 19.1. The normalized spacial score (nSPS) is 16.4. The first-order valence-corrected chi connectivity index (χ1v) is 12.1.